The molecule has 4 fully saturated rings. The van der Waals surface area contributed by atoms with E-state index in [1.54, 1.807) is 4.90 Å². The Kier molecular flexibility index (Phi) is 5.78. The number of aliphatic hydroxyl groups excluding tert-OH is 1. The molecular formula is C25H41N3O5. The van der Waals surface area contributed by atoms with Crippen LogP contribution in [0.15, 0.2) is 0 Å². The molecule has 0 radical (unpaired) electrons. The molecule has 4 aliphatic rings. The molecule has 2 spiro atoms. The lowest BCUT2D eigenvalue weighted by Crippen LogP contribution is -2.55. The van der Waals surface area contributed by atoms with Crippen LogP contribution in [-0.2, 0) is 14.3 Å². The van der Waals surface area contributed by atoms with E-state index < -0.39 is 35.8 Å². The zero-order valence-corrected chi connectivity index (χ0v) is 20.8. The van der Waals surface area contributed by atoms with Crippen molar-refractivity contribution in [3.05, 3.63) is 0 Å². The molecule has 1 saturated heterocycles. The molecule has 1 heterocycles. The first kappa shape index (κ1) is 24.3. The van der Waals surface area contributed by atoms with E-state index in [9.17, 15) is 19.5 Å². The molecule has 4 N–H and O–H groups in total. The maximum absolute atomic E-state index is 13.6. The number of carbonyl (C=O) groups is 3. The van der Waals surface area contributed by atoms with Gasteiger partial charge in [0.25, 0.3) is 0 Å². The Labute approximate surface area is 197 Å². The minimum Gasteiger partial charge on any atom is -0.444 e. The predicted molar refractivity (Wildman–Crippen MR) is 123 cm³/mol. The summed E-state index contributed by atoms with van der Waals surface area (Å²) in [5.74, 6) is -0.815. The molecule has 4 atom stereocenters. The lowest BCUT2D eigenvalue weighted by molar-refractivity contribution is -0.131. The van der Waals surface area contributed by atoms with Crippen molar-refractivity contribution in [3.63, 3.8) is 0 Å². The molecule has 1 aliphatic heterocycles. The highest BCUT2D eigenvalue weighted by Crippen LogP contribution is 2.88. The molecule has 2 unspecified atom stereocenters. The fourth-order valence-corrected chi connectivity index (χ4v) is 7.18. The maximum atomic E-state index is 13.6. The smallest absolute Gasteiger partial charge is 0.410 e. The monoisotopic (exact) mass is 463 g/mol. The first-order valence-corrected chi connectivity index (χ1v) is 12.5. The molecule has 3 aliphatic carbocycles. The molecule has 0 bridgehead atoms. The van der Waals surface area contributed by atoms with E-state index in [0.29, 0.717) is 25.3 Å². The number of hydrogen-bond donors (Lipinski definition) is 3. The Balaban J connectivity index is 1.56. The lowest BCUT2D eigenvalue weighted by Gasteiger charge is -2.33. The van der Waals surface area contributed by atoms with E-state index in [1.165, 1.54) is 6.42 Å². The van der Waals surface area contributed by atoms with E-state index in [4.69, 9.17) is 10.5 Å². The van der Waals surface area contributed by atoms with Crippen LogP contribution in [0.4, 0.5) is 4.79 Å². The number of nitrogens with zero attached hydrogens (tertiary/aromatic N) is 1. The van der Waals surface area contributed by atoms with Gasteiger partial charge in [0.1, 0.15) is 11.6 Å². The minimum atomic E-state index is -1.45. The first-order chi connectivity index (χ1) is 15.2. The molecule has 8 heteroatoms. The molecule has 4 rings (SSSR count). The summed E-state index contributed by atoms with van der Waals surface area (Å²) in [6, 6.07) is -1.44. The van der Waals surface area contributed by atoms with Gasteiger partial charge in [0.2, 0.25) is 11.8 Å². The van der Waals surface area contributed by atoms with Crippen molar-refractivity contribution in [2.45, 2.75) is 110 Å². The minimum absolute atomic E-state index is 0.0472. The highest BCUT2D eigenvalue weighted by molar-refractivity contribution is 5.88. The van der Waals surface area contributed by atoms with Crippen LogP contribution in [0.5, 0.6) is 0 Å². The third-order valence-corrected chi connectivity index (χ3v) is 9.55. The summed E-state index contributed by atoms with van der Waals surface area (Å²) < 4.78 is 5.68. The van der Waals surface area contributed by atoms with Crippen LogP contribution >= 0.6 is 0 Å². The lowest BCUT2D eigenvalue weighted by atomic mass is 9.73. The third kappa shape index (κ3) is 3.72. The number of nitrogens with two attached hydrogens (primary N) is 1. The number of aliphatic hydroxyl groups is 1. The van der Waals surface area contributed by atoms with Crippen LogP contribution in [0, 0.1) is 22.2 Å². The normalized spacial score (nSPS) is 31.5. The Bertz CT molecular complexity index is 826. The molecule has 0 aromatic carbocycles. The Morgan fingerprint density at radius 2 is 1.79 bits per heavy atom. The third-order valence-electron chi connectivity index (χ3n) is 9.55. The Hall–Kier alpha value is -1.83. The number of rotatable bonds is 6. The van der Waals surface area contributed by atoms with Crippen molar-refractivity contribution in [1.82, 2.24) is 10.2 Å². The fraction of sp³-hybridized carbons (Fsp3) is 0.880. The number of hydrogen-bond acceptors (Lipinski definition) is 5. The quantitative estimate of drug-likeness (QED) is 0.559. The number of nitrogens with one attached hydrogen (secondary N) is 1. The molecule has 3 amide bonds. The number of ether oxygens (including phenoxy) is 1. The van der Waals surface area contributed by atoms with Gasteiger partial charge in [-0.05, 0) is 63.2 Å². The van der Waals surface area contributed by atoms with Crippen LogP contribution in [0.25, 0.3) is 0 Å². The van der Waals surface area contributed by atoms with Crippen molar-refractivity contribution in [2.24, 2.45) is 27.9 Å². The van der Waals surface area contributed by atoms with Gasteiger partial charge in [0.05, 0.1) is 6.04 Å². The zero-order chi connectivity index (χ0) is 24.4. The number of fused-ring (bicyclic) bond motifs is 1. The standard InChI is InChI=1S/C25H41N3O5/c1-22(2,3)33-21(32)28-14-25(23(4,5)24(25)10-7-11-24)13-17(28)20(31)27-16(18(29)19(26)30)12-15-8-6-9-15/h15-18,29H,6-14H2,1-5H3,(H2,26,30)(H,27,31)/t16?,17-,18?,25+/m0/s1. The fourth-order valence-electron chi connectivity index (χ4n) is 7.18. The summed E-state index contributed by atoms with van der Waals surface area (Å²) in [5.41, 5.74) is 4.81. The summed E-state index contributed by atoms with van der Waals surface area (Å²) in [4.78, 5) is 40.1. The van der Waals surface area contributed by atoms with Crippen LogP contribution in [-0.4, -0.2) is 58.2 Å². The molecule has 0 aromatic rings. The van der Waals surface area contributed by atoms with Crippen molar-refractivity contribution >= 4 is 17.9 Å². The van der Waals surface area contributed by atoms with Crippen molar-refractivity contribution in [3.8, 4) is 0 Å². The van der Waals surface area contributed by atoms with Gasteiger partial charge in [-0.1, -0.05) is 39.5 Å². The summed E-state index contributed by atoms with van der Waals surface area (Å²) in [6.07, 6.45) is 5.75. The highest BCUT2D eigenvalue weighted by atomic mass is 16.6. The molecule has 33 heavy (non-hydrogen) atoms. The topological polar surface area (TPSA) is 122 Å². The summed E-state index contributed by atoms with van der Waals surface area (Å²) >= 11 is 0. The molecule has 3 saturated carbocycles. The van der Waals surface area contributed by atoms with E-state index in [0.717, 1.165) is 32.1 Å². The van der Waals surface area contributed by atoms with E-state index in [1.807, 2.05) is 20.8 Å². The van der Waals surface area contributed by atoms with Gasteiger partial charge in [-0.15, -0.1) is 0 Å². The van der Waals surface area contributed by atoms with Gasteiger partial charge in [0.15, 0.2) is 6.10 Å². The number of likely N-dealkylation sites (tertiary alicyclic amines) is 1. The average molecular weight is 464 g/mol. The van der Waals surface area contributed by atoms with Gasteiger partial charge < -0.3 is 20.9 Å². The Morgan fingerprint density at radius 3 is 2.21 bits per heavy atom. The van der Waals surface area contributed by atoms with Gasteiger partial charge >= 0.3 is 6.09 Å². The van der Waals surface area contributed by atoms with Gasteiger partial charge in [-0.25, -0.2) is 4.79 Å². The van der Waals surface area contributed by atoms with E-state index >= 15 is 0 Å². The van der Waals surface area contributed by atoms with Gasteiger partial charge in [-0.3, -0.25) is 14.5 Å². The van der Waals surface area contributed by atoms with Crippen LogP contribution < -0.4 is 11.1 Å². The highest BCUT2D eigenvalue weighted by Gasteiger charge is 2.85. The van der Waals surface area contributed by atoms with Crippen molar-refractivity contribution in [2.75, 3.05) is 6.54 Å². The number of primary amides is 1. The number of amides is 3. The zero-order valence-electron chi connectivity index (χ0n) is 20.8. The molecule has 186 valence electrons. The predicted octanol–water partition coefficient (Wildman–Crippen LogP) is 2.71. The van der Waals surface area contributed by atoms with Crippen molar-refractivity contribution < 1.29 is 24.2 Å². The summed E-state index contributed by atoms with van der Waals surface area (Å²) in [6.45, 7) is 10.5. The molecule has 0 aromatic heterocycles. The largest absolute Gasteiger partial charge is 0.444 e. The second kappa shape index (κ2) is 7.85. The van der Waals surface area contributed by atoms with Gasteiger partial charge in [-0.2, -0.15) is 0 Å². The Morgan fingerprint density at radius 1 is 1.15 bits per heavy atom. The summed E-state index contributed by atoms with van der Waals surface area (Å²) in [7, 11) is 0. The second-order valence-corrected chi connectivity index (χ2v) is 12.5. The second-order valence-electron chi connectivity index (χ2n) is 12.5. The maximum Gasteiger partial charge on any atom is 0.410 e. The van der Waals surface area contributed by atoms with Gasteiger partial charge in [0, 0.05) is 12.0 Å². The summed E-state index contributed by atoms with van der Waals surface area (Å²) in [5, 5.41) is 13.3. The van der Waals surface area contributed by atoms with E-state index in [-0.39, 0.29) is 22.2 Å². The first-order valence-electron chi connectivity index (χ1n) is 12.5. The van der Waals surface area contributed by atoms with Crippen molar-refractivity contribution in [1.29, 1.82) is 0 Å². The SMILES string of the molecule is CC(C)(C)OC(=O)N1C[C@]2(C[C@H]1C(=O)NC(CC1CCC1)C(O)C(N)=O)C(C)(C)C21CCC1. The van der Waals surface area contributed by atoms with Crippen LogP contribution in [0.2, 0.25) is 0 Å². The molecular weight excluding hydrogens is 422 g/mol. The average Bonchev–Trinajstić information content (AvgIpc) is 2.88. The number of carbonyl (C=O) groups excluding carboxylic acids is 3. The van der Waals surface area contributed by atoms with Crippen LogP contribution in [0.3, 0.4) is 0 Å². The van der Waals surface area contributed by atoms with E-state index in [2.05, 4.69) is 19.2 Å². The van der Waals surface area contributed by atoms with Crippen LogP contribution in [0.1, 0.15) is 86.0 Å². The molecule has 8 nitrogen and oxygen atoms in total.